The highest BCUT2D eigenvalue weighted by Crippen LogP contribution is 2.36. The van der Waals surface area contributed by atoms with E-state index < -0.39 is 0 Å². The van der Waals surface area contributed by atoms with Gasteiger partial charge < -0.3 is 15.0 Å². The quantitative estimate of drug-likeness (QED) is 0.780. The summed E-state index contributed by atoms with van der Waals surface area (Å²) in [6.45, 7) is 7.11. The van der Waals surface area contributed by atoms with Gasteiger partial charge in [-0.2, -0.15) is 0 Å². The molecule has 1 aliphatic rings. The van der Waals surface area contributed by atoms with Crippen molar-refractivity contribution in [3.05, 3.63) is 28.2 Å². The predicted molar refractivity (Wildman–Crippen MR) is 88.5 cm³/mol. The normalized spacial score (nSPS) is 16.2. The Morgan fingerprint density at radius 2 is 2.20 bits per heavy atom. The van der Waals surface area contributed by atoms with Crippen LogP contribution in [0.15, 0.2) is 22.7 Å². The number of rotatable bonds is 8. The van der Waals surface area contributed by atoms with Gasteiger partial charge in [0.25, 0.3) is 0 Å². The summed E-state index contributed by atoms with van der Waals surface area (Å²) in [5.41, 5.74) is 2.71. The molecule has 0 radical (unpaired) electrons. The highest BCUT2D eigenvalue weighted by Gasteiger charge is 2.30. The fourth-order valence-corrected chi connectivity index (χ4v) is 3.00. The first kappa shape index (κ1) is 15.8. The topological polar surface area (TPSA) is 24.5 Å². The third-order valence-corrected chi connectivity index (χ3v) is 4.29. The van der Waals surface area contributed by atoms with Gasteiger partial charge in [0.05, 0.1) is 6.61 Å². The predicted octanol–water partition coefficient (Wildman–Crippen LogP) is 3.73. The molecule has 0 amide bonds. The van der Waals surface area contributed by atoms with Crippen molar-refractivity contribution in [2.45, 2.75) is 38.8 Å². The molecule has 0 aliphatic heterocycles. The summed E-state index contributed by atoms with van der Waals surface area (Å²) in [6.07, 6.45) is 2.60. The second kappa shape index (κ2) is 7.43. The van der Waals surface area contributed by atoms with E-state index in [0.717, 1.165) is 24.2 Å². The highest BCUT2D eigenvalue weighted by atomic mass is 79.9. The SMILES string of the molecule is CCNC(C)c1cc(Br)ccc1N(CCOC)C1CC1. The Morgan fingerprint density at radius 1 is 1.45 bits per heavy atom. The molecule has 1 N–H and O–H groups in total. The molecule has 1 saturated carbocycles. The summed E-state index contributed by atoms with van der Waals surface area (Å²) in [5.74, 6) is 0. The van der Waals surface area contributed by atoms with E-state index in [1.54, 1.807) is 7.11 Å². The van der Waals surface area contributed by atoms with E-state index in [4.69, 9.17) is 4.74 Å². The number of halogens is 1. The maximum atomic E-state index is 5.28. The van der Waals surface area contributed by atoms with Gasteiger partial charge >= 0.3 is 0 Å². The fraction of sp³-hybridized carbons (Fsp3) is 0.625. The van der Waals surface area contributed by atoms with E-state index in [1.807, 2.05) is 0 Å². The monoisotopic (exact) mass is 340 g/mol. The van der Waals surface area contributed by atoms with Gasteiger partial charge in [0, 0.05) is 35.9 Å². The maximum Gasteiger partial charge on any atom is 0.0637 e. The maximum absolute atomic E-state index is 5.28. The van der Waals surface area contributed by atoms with Gasteiger partial charge in [-0.05, 0) is 50.1 Å². The summed E-state index contributed by atoms with van der Waals surface area (Å²) in [6, 6.07) is 7.67. The lowest BCUT2D eigenvalue weighted by molar-refractivity contribution is 0.205. The van der Waals surface area contributed by atoms with Crippen molar-refractivity contribution in [1.82, 2.24) is 5.32 Å². The van der Waals surface area contributed by atoms with Crippen molar-refractivity contribution in [3.63, 3.8) is 0 Å². The zero-order valence-electron chi connectivity index (χ0n) is 12.7. The first-order chi connectivity index (χ1) is 9.67. The average molecular weight is 341 g/mol. The number of ether oxygens (including phenoxy) is 1. The van der Waals surface area contributed by atoms with Gasteiger partial charge in [0.2, 0.25) is 0 Å². The Labute approximate surface area is 130 Å². The van der Waals surface area contributed by atoms with Crippen LogP contribution in [0.5, 0.6) is 0 Å². The number of hydrogen-bond acceptors (Lipinski definition) is 3. The number of methoxy groups -OCH3 is 1. The Balaban J connectivity index is 2.27. The molecule has 1 atom stereocenters. The summed E-state index contributed by atoms with van der Waals surface area (Å²) in [4.78, 5) is 2.51. The van der Waals surface area contributed by atoms with Gasteiger partial charge in [-0.25, -0.2) is 0 Å². The zero-order chi connectivity index (χ0) is 14.5. The Bertz CT molecular complexity index is 434. The number of nitrogens with one attached hydrogen (secondary N) is 1. The molecule has 1 aliphatic carbocycles. The molecule has 0 heterocycles. The lowest BCUT2D eigenvalue weighted by atomic mass is 10.0. The van der Waals surface area contributed by atoms with E-state index in [9.17, 15) is 0 Å². The van der Waals surface area contributed by atoms with Crippen molar-refractivity contribution in [3.8, 4) is 0 Å². The molecular weight excluding hydrogens is 316 g/mol. The van der Waals surface area contributed by atoms with Crippen LogP contribution in [0.4, 0.5) is 5.69 Å². The molecule has 112 valence electrons. The van der Waals surface area contributed by atoms with Crippen LogP contribution in [-0.2, 0) is 4.74 Å². The van der Waals surface area contributed by atoms with E-state index in [-0.39, 0.29) is 0 Å². The third kappa shape index (κ3) is 3.96. The number of hydrogen-bond donors (Lipinski definition) is 1. The van der Waals surface area contributed by atoms with Crippen LogP contribution in [0.2, 0.25) is 0 Å². The molecule has 1 aromatic carbocycles. The summed E-state index contributed by atoms with van der Waals surface area (Å²) >= 11 is 3.60. The summed E-state index contributed by atoms with van der Waals surface area (Å²) < 4.78 is 6.42. The van der Waals surface area contributed by atoms with Crippen LogP contribution in [0.25, 0.3) is 0 Å². The second-order valence-electron chi connectivity index (χ2n) is 5.40. The molecule has 1 fully saturated rings. The summed E-state index contributed by atoms with van der Waals surface area (Å²) in [5, 5.41) is 3.52. The van der Waals surface area contributed by atoms with Crippen molar-refractivity contribution in [1.29, 1.82) is 0 Å². The van der Waals surface area contributed by atoms with Gasteiger partial charge in [0.15, 0.2) is 0 Å². The number of anilines is 1. The molecule has 3 nitrogen and oxygen atoms in total. The van der Waals surface area contributed by atoms with Crippen LogP contribution < -0.4 is 10.2 Å². The Morgan fingerprint density at radius 3 is 2.80 bits per heavy atom. The van der Waals surface area contributed by atoms with Gasteiger partial charge in [-0.1, -0.05) is 22.9 Å². The van der Waals surface area contributed by atoms with Gasteiger partial charge in [0.1, 0.15) is 0 Å². The number of benzene rings is 1. The van der Waals surface area contributed by atoms with E-state index in [0.29, 0.717) is 12.1 Å². The smallest absolute Gasteiger partial charge is 0.0637 e. The molecule has 0 bridgehead atoms. The Hall–Kier alpha value is -0.580. The molecule has 20 heavy (non-hydrogen) atoms. The van der Waals surface area contributed by atoms with Crippen LogP contribution in [0.1, 0.15) is 38.3 Å². The van der Waals surface area contributed by atoms with Gasteiger partial charge in [-0.15, -0.1) is 0 Å². The van der Waals surface area contributed by atoms with E-state index in [2.05, 4.69) is 58.2 Å². The minimum absolute atomic E-state index is 0.358. The van der Waals surface area contributed by atoms with E-state index in [1.165, 1.54) is 24.1 Å². The Kier molecular flexibility index (Phi) is 5.87. The molecule has 2 rings (SSSR count). The lowest BCUT2D eigenvalue weighted by Crippen LogP contribution is -2.31. The first-order valence-corrected chi connectivity index (χ1v) is 8.25. The van der Waals surface area contributed by atoms with Crippen molar-refractivity contribution >= 4 is 21.6 Å². The number of nitrogens with zero attached hydrogens (tertiary/aromatic N) is 1. The molecule has 1 unspecified atom stereocenters. The van der Waals surface area contributed by atoms with Crippen molar-refractivity contribution in [2.75, 3.05) is 31.7 Å². The fourth-order valence-electron chi connectivity index (χ4n) is 2.63. The molecule has 0 saturated heterocycles. The van der Waals surface area contributed by atoms with E-state index >= 15 is 0 Å². The largest absolute Gasteiger partial charge is 0.383 e. The first-order valence-electron chi connectivity index (χ1n) is 7.45. The minimum atomic E-state index is 0.358. The van der Waals surface area contributed by atoms with Crippen LogP contribution >= 0.6 is 15.9 Å². The minimum Gasteiger partial charge on any atom is -0.383 e. The molecule has 0 spiro atoms. The molecular formula is C16H25BrN2O. The van der Waals surface area contributed by atoms with Crippen LogP contribution in [0.3, 0.4) is 0 Å². The lowest BCUT2D eigenvalue weighted by Gasteiger charge is -2.29. The highest BCUT2D eigenvalue weighted by molar-refractivity contribution is 9.10. The van der Waals surface area contributed by atoms with Gasteiger partial charge in [-0.3, -0.25) is 0 Å². The molecule has 1 aromatic rings. The van der Waals surface area contributed by atoms with Crippen LogP contribution in [0, 0.1) is 0 Å². The molecule has 4 heteroatoms. The molecule has 0 aromatic heterocycles. The average Bonchev–Trinajstić information content (AvgIpc) is 3.25. The standard InChI is InChI=1S/C16H25BrN2O/c1-4-18-12(2)15-11-13(17)5-8-16(15)19(9-10-20-3)14-6-7-14/h5,8,11-12,14,18H,4,6-7,9-10H2,1-3H3. The third-order valence-electron chi connectivity index (χ3n) is 3.80. The van der Waals surface area contributed by atoms with Crippen molar-refractivity contribution < 1.29 is 4.74 Å². The second-order valence-corrected chi connectivity index (χ2v) is 6.32. The van der Waals surface area contributed by atoms with Crippen LogP contribution in [-0.4, -0.2) is 32.8 Å². The zero-order valence-corrected chi connectivity index (χ0v) is 14.2. The van der Waals surface area contributed by atoms with Crippen molar-refractivity contribution in [2.24, 2.45) is 0 Å². The summed E-state index contributed by atoms with van der Waals surface area (Å²) in [7, 11) is 1.77.